The molecule has 0 aromatic heterocycles. The van der Waals surface area contributed by atoms with Gasteiger partial charge in [-0.15, -0.1) is 0 Å². The molecule has 0 amide bonds. The predicted molar refractivity (Wildman–Crippen MR) is 75.6 cm³/mol. The third-order valence-corrected chi connectivity index (χ3v) is 5.64. The Morgan fingerprint density at radius 2 is 1.53 bits per heavy atom. The minimum Gasteiger partial charge on any atom is -0.465 e. The molecule has 4 bridgehead atoms. The lowest BCUT2D eigenvalue weighted by Gasteiger charge is -2.57. The van der Waals surface area contributed by atoms with Crippen LogP contribution in [0.1, 0.15) is 65.7 Å². The minimum atomic E-state index is -0.360. The average Bonchev–Trinajstić information content (AvgIpc) is 2.25. The molecule has 2 heteroatoms. The van der Waals surface area contributed by atoms with Gasteiger partial charge in [0.2, 0.25) is 0 Å². The highest BCUT2D eigenvalue weighted by Crippen LogP contribution is 2.61. The first-order valence-electron chi connectivity index (χ1n) is 8.04. The molecule has 4 aliphatic carbocycles. The van der Waals surface area contributed by atoms with Crippen molar-refractivity contribution in [3.63, 3.8) is 0 Å². The number of rotatable bonds is 3. The van der Waals surface area contributed by atoms with E-state index < -0.39 is 0 Å². The smallest absolute Gasteiger partial charge is 0.311 e. The Kier molecular flexibility index (Phi) is 3.18. The Labute approximate surface area is 117 Å². The van der Waals surface area contributed by atoms with Crippen LogP contribution in [0.5, 0.6) is 0 Å². The van der Waals surface area contributed by atoms with E-state index in [4.69, 9.17) is 4.74 Å². The molecule has 0 unspecified atom stereocenters. The quantitative estimate of drug-likeness (QED) is 0.715. The molecule has 4 aliphatic rings. The van der Waals surface area contributed by atoms with Gasteiger partial charge in [0, 0.05) is 0 Å². The van der Waals surface area contributed by atoms with E-state index in [1.807, 2.05) is 20.8 Å². The zero-order chi connectivity index (χ0) is 13.7. The summed E-state index contributed by atoms with van der Waals surface area (Å²) >= 11 is 0. The fraction of sp³-hybridized carbons (Fsp3) is 0.941. The SMILES string of the molecule is CC(C)(C)C(=O)OCCC12CC3CC(CC(C3)C1)C2. The first kappa shape index (κ1) is 13.5. The molecule has 0 saturated heterocycles. The van der Waals surface area contributed by atoms with Gasteiger partial charge < -0.3 is 4.74 Å². The van der Waals surface area contributed by atoms with Crippen LogP contribution in [0.3, 0.4) is 0 Å². The second-order valence-electron chi connectivity index (χ2n) is 8.55. The van der Waals surface area contributed by atoms with Crippen LogP contribution >= 0.6 is 0 Å². The van der Waals surface area contributed by atoms with E-state index in [0.29, 0.717) is 12.0 Å². The fourth-order valence-electron chi connectivity index (χ4n) is 5.17. The standard InChI is InChI=1S/C17H28O2/c1-16(2,3)15(18)19-5-4-17-9-12-6-13(10-17)8-14(7-12)11-17/h12-14H,4-11H2,1-3H3. The van der Waals surface area contributed by atoms with Crippen molar-refractivity contribution in [2.24, 2.45) is 28.6 Å². The lowest BCUT2D eigenvalue weighted by Crippen LogP contribution is -2.46. The summed E-state index contributed by atoms with van der Waals surface area (Å²) in [7, 11) is 0. The third-order valence-electron chi connectivity index (χ3n) is 5.64. The molecule has 0 radical (unpaired) electrons. The van der Waals surface area contributed by atoms with Gasteiger partial charge in [-0.2, -0.15) is 0 Å². The van der Waals surface area contributed by atoms with Crippen LogP contribution in [-0.4, -0.2) is 12.6 Å². The maximum atomic E-state index is 11.8. The summed E-state index contributed by atoms with van der Waals surface area (Å²) in [6.07, 6.45) is 9.80. The number of hydrogen-bond acceptors (Lipinski definition) is 2. The summed E-state index contributed by atoms with van der Waals surface area (Å²) in [4.78, 5) is 11.8. The summed E-state index contributed by atoms with van der Waals surface area (Å²) in [5.74, 6) is 2.93. The van der Waals surface area contributed by atoms with E-state index >= 15 is 0 Å². The minimum absolute atomic E-state index is 0.0442. The Hall–Kier alpha value is -0.530. The van der Waals surface area contributed by atoms with Crippen LogP contribution in [0, 0.1) is 28.6 Å². The van der Waals surface area contributed by atoms with Crippen molar-refractivity contribution in [1.82, 2.24) is 0 Å². The van der Waals surface area contributed by atoms with Gasteiger partial charge >= 0.3 is 5.97 Å². The van der Waals surface area contributed by atoms with Crippen LogP contribution in [0.4, 0.5) is 0 Å². The van der Waals surface area contributed by atoms with Crippen LogP contribution in [0.2, 0.25) is 0 Å². The van der Waals surface area contributed by atoms with Gasteiger partial charge in [-0.1, -0.05) is 0 Å². The van der Waals surface area contributed by atoms with Crippen molar-refractivity contribution < 1.29 is 9.53 Å². The summed E-state index contributed by atoms with van der Waals surface area (Å²) in [5, 5.41) is 0. The molecular weight excluding hydrogens is 236 g/mol. The monoisotopic (exact) mass is 264 g/mol. The van der Waals surface area contributed by atoms with Crippen LogP contribution < -0.4 is 0 Å². The zero-order valence-electron chi connectivity index (χ0n) is 12.7. The van der Waals surface area contributed by atoms with Gasteiger partial charge in [-0.25, -0.2) is 0 Å². The Morgan fingerprint density at radius 3 is 1.95 bits per heavy atom. The average molecular weight is 264 g/mol. The lowest BCUT2D eigenvalue weighted by molar-refractivity contribution is -0.155. The largest absolute Gasteiger partial charge is 0.465 e. The maximum Gasteiger partial charge on any atom is 0.311 e. The molecule has 0 aliphatic heterocycles. The molecule has 2 nitrogen and oxygen atoms in total. The molecule has 0 spiro atoms. The molecule has 0 atom stereocenters. The highest BCUT2D eigenvalue weighted by Gasteiger charge is 2.50. The number of hydrogen-bond donors (Lipinski definition) is 0. The highest BCUT2D eigenvalue weighted by atomic mass is 16.5. The maximum absolute atomic E-state index is 11.8. The summed E-state index contributed by atoms with van der Waals surface area (Å²) in [5.41, 5.74) is 0.175. The van der Waals surface area contributed by atoms with Crippen molar-refractivity contribution in [2.75, 3.05) is 6.61 Å². The molecule has 4 rings (SSSR count). The van der Waals surface area contributed by atoms with E-state index in [9.17, 15) is 4.79 Å². The normalized spacial score (nSPS) is 40.5. The van der Waals surface area contributed by atoms with Gasteiger partial charge in [-0.3, -0.25) is 4.79 Å². The second kappa shape index (κ2) is 4.49. The number of carbonyl (C=O) groups excluding carboxylic acids is 1. The predicted octanol–water partition coefficient (Wildman–Crippen LogP) is 4.18. The topological polar surface area (TPSA) is 26.3 Å². The Bertz CT molecular complexity index is 329. The van der Waals surface area contributed by atoms with Crippen molar-refractivity contribution in [3.05, 3.63) is 0 Å². The molecule has 0 heterocycles. The van der Waals surface area contributed by atoms with E-state index in [0.717, 1.165) is 24.2 Å². The number of ether oxygens (including phenoxy) is 1. The van der Waals surface area contributed by atoms with Crippen LogP contribution in [0.25, 0.3) is 0 Å². The Morgan fingerprint density at radius 1 is 1.05 bits per heavy atom. The van der Waals surface area contributed by atoms with Gasteiger partial charge in [-0.05, 0) is 88.9 Å². The van der Waals surface area contributed by atoms with E-state index in [1.165, 1.54) is 38.5 Å². The molecule has 4 fully saturated rings. The molecule has 19 heavy (non-hydrogen) atoms. The number of carbonyl (C=O) groups is 1. The fourth-order valence-corrected chi connectivity index (χ4v) is 5.17. The summed E-state index contributed by atoms with van der Waals surface area (Å²) in [6, 6.07) is 0. The zero-order valence-corrected chi connectivity index (χ0v) is 12.7. The molecule has 108 valence electrons. The van der Waals surface area contributed by atoms with Crippen molar-refractivity contribution in [2.45, 2.75) is 65.7 Å². The first-order valence-corrected chi connectivity index (χ1v) is 8.04. The van der Waals surface area contributed by atoms with Crippen molar-refractivity contribution in [3.8, 4) is 0 Å². The van der Waals surface area contributed by atoms with Gasteiger partial charge in [0.15, 0.2) is 0 Å². The van der Waals surface area contributed by atoms with Crippen molar-refractivity contribution in [1.29, 1.82) is 0 Å². The van der Waals surface area contributed by atoms with Gasteiger partial charge in [0.1, 0.15) is 0 Å². The molecule has 4 saturated carbocycles. The summed E-state index contributed by atoms with van der Waals surface area (Å²) in [6.45, 7) is 6.43. The molecule has 0 aromatic rings. The van der Waals surface area contributed by atoms with E-state index in [2.05, 4.69) is 0 Å². The number of esters is 1. The Balaban J connectivity index is 1.54. The highest BCUT2D eigenvalue weighted by molar-refractivity contribution is 5.75. The molecule has 0 N–H and O–H groups in total. The van der Waals surface area contributed by atoms with Crippen molar-refractivity contribution >= 4 is 5.97 Å². The first-order chi connectivity index (χ1) is 8.86. The van der Waals surface area contributed by atoms with Gasteiger partial charge in [0.25, 0.3) is 0 Å². The third kappa shape index (κ3) is 2.68. The summed E-state index contributed by atoms with van der Waals surface area (Å²) < 4.78 is 5.51. The van der Waals surface area contributed by atoms with E-state index in [-0.39, 0.29) is 11.4 Å². The second-order valence-corrected chi connectivity index (χ2v) is 8.55. The van der Waals surface area contributed by atoms with Crippen LogP contribution in [0.15, 0.2) is 0 Å². The van der Waals surface area contributed by atoms with Crippen LogP contribution in [-0.2, 0) is 9.53 Å². The van der Waals surface area contributed by atoms with E-state index in [1.54, 1.807) is 0 Å². The molecule has 0 aromatic carbocycles. The lowest BCUT2D eigenvalue weighted by atomic mass is 9.49. The molecular formula is C17H28O2. The van der Waals surface area contributed by atoms with Gasteiger partial charge in [0.05, 0.1) is 12.0 Å².